The van der Waals surface area contributed by atoms with E-state index < -0.39 is 64.5 Å². The molecule has 0 aliphatic carbocycles. The second kappa shape index (κ2) is 48.5. The molecule has 4 saturated heterocycles. The molecule has 150 heavy (non-hydrogen) atoms. The van der Waals surface area contributed by atoms with Gasteiger partial charge in [0.2, 0.25) is 29.5 Å². The van der Waals surface area contributed by atoms with E-state index in [4.69, 9.17) is 61.0 Å². The molecule has 8 amide bonds. The second-order valence-electron chi connectivity index (χ2n) is 32.7. The van der Waals surface area contributed by atoms with Crippen molar-refractivity contribution in [1.29, 1.82) is 0 Å². The van der Waals surface area contributed by atoms with Crippen LogP contribution in [0.1, 0.15) is 104 Å². The largest absolute Gasteiger partial charge is 0.447 e. The molecule has 4 aliphatic heterocycles. The van der Waals surface area contributed by atoms with E-state index in [1.807, 2.05) is 24.3 Å². The minimum atomic E-state index is -1.73. The summed E-state index contributed by atoms with van der Waals surface area (Å²) in [5, 5.41) is 28.5. The van der Waals surface area contributed by atoms with Gasteiger partial charge in [0, 0.05) is 119 Å². The van der Waals surface area contributed by atoms with Gasteiger partial charge in [-0.25, -0.2) is 4.85 Å². The van der Waals surface area contributed by atoms with Gasteiger partial charge in [0.25, 0.3) is 57.7 Å². The average molecular weight is 2140 g/mol. The van der Waals surface area contributed by atoms with E-state index in [2.05, 4.69) is 58.5 Å². The summed E-state index contributed by atoms with van der Waals surface area (Å²) < 4.78 is 46.6. The molecule has 0 saturated carbocycles. The summed E-state index contributed by atoms with van der Waals surface area (Å²) in [5.74, 6) is -5.17. The Kier molecular flexibility index (Phi) is 34.0. The molecule has 10 N–H and O–H groups in total. The number of fused-ring (bicyclic) bond motifs is 3. The van der Waals surface area contributed by atoms with Crippen LogP contribution in [0, 0.1) is 10.1 Å². The molecule has 4 fully saturated rings. The number of esters is 1. The highest BCUT2D eigenvalue weighted by Gasteiger charge is 2.33. The van der Waals surface area contributed by atoms with Crippen molar-refractivity contribution >= 4 is 178 Å². The Hall–Kier alpha value is -19.1. The number of aromatic amines is 1. The maximum Gasteiger partial charge on any atom is 0.303 e. The fourth-order valence-corrected chi connectivity index (χ4v) is 16.3. The summed E-state index contributed by atoms with van der Waals surface area (Å²) in [7, 11) is 0. The van der Waals surface area contributed by atoms with Crippen molar-refractivity contribution in [2.24, 2.45) is 11.5 Å². The number of rotatable bonds is 22. The Bertz CT molecular complexity index is 8260. The Morgan fingerprint density at radius 1 is 0.440 bits per heavy atom. The van der Waals surface area contributed by atoms with Gasteiger partial charge in [-0.3, -0.25) is 95.2 Å². The Labute approximate surface area is 860 Å². The van der Waals surface area contributed by atoms with Crippen LogP contribution in [0.5, 0.6) is 0 Å². The number of primary amides is 2. The fourth-order valence-electron chi connectivity index (χ4n) is 15.8. The van der Waals surface area contributed by atoms with Gasteiger partial charge < -0.3 is 94.8 Å². The van der Waals surface area contributed by atoms with Crippen LogP contribution < -0.4 is 69.7 Å². The van der Waals surface area contributed by atoms with Gasteiger partial charge in [0.1, 0.15) is 26.4 Å². The van der Waals surface area contributed by atoms with Gasteiger partial charge >= 0.3 is 5.97 Å². The molecular formula is C106H86IN17O26. The molecule has 16 aromatic rings. The molecule has 0 spiro atoms. The third-order valence-corrected chi connectivity index (χ3v) is 23.8. The summed E-state index contributed by atoms with van der Waals surface area (Å²) >= 11 is 2.24. The highest BCUT2D eigenvalue weighted by Crippen LogP contribution is 2.33. The standard InChI is InChI=1S/C34H27N5O9.C24H21N5O6.C16H9N3O3.C16H14N2O4.C10H10INO2.C6H5NO2/c1-19(40)47-31(26-10-5-13-39(34(26)45)22-7-4-6-21(17-22)38-14-15-46-18-28(38)41)33(44)36-20-11-12-25-27(16-20)48-37-29(25)30(42)23-8-2-3-9-24(23)32(35)43;25-22-17-7-6-14(11-19(17)35-27-22)26-23(32)21(31)18-5-2-8-29(24(18)33)16-4-1-3-15(12-16)28-9-10-34-13-20(28)30;1-18-9-6-7-12-13(8-9)22-19-14(12)15(20)10-4-2-3-5-11(10)16(17)21;19-10-12-3-2-6-18(16(12)21)14-5-1-4-13(9-14)17-7-8-22-11-15(17)20;11-8-2-1-3-9(6-8)12-4-5-14-7-10(12)13;8-4-5-2-1-3-7-6(5)9/h2-13,16-17,31H,14-15,18H2,1H3,(H2,35,43)(H,36,44);1-8,11-12,21,31H,9-10,13H2,(H2,25,27)(H,26,32);2-8H,(H2,17,21);1-6,9-10H,7-8,11H2;1-3,6H,4-5,7H2;1-4H,(H,7,9). The van der Waals surface area contributed by atoms with E-state index in [-0.39, 0.29) is 134 Å². The van der Waals surface area contributed by atoms with Crippen molar-refractivity contribution in [2.45, 2.75) is 19.1 Å². The van der Waals surface area contributed by atoms with E-state index in [0.717, 1.165) is 16.2 Å². The van der Waals surface area contributed by atoms with Crippen LogP contribution in [-0.2, 0) is 57.2 Å². The van der Waals surface area contributed by atoms with Crippen molar-refractivity contribution in [3.63, 3.8) is 0 Å². The molecule has 7 aromatic heterocycles. The number of aromatic nitrogens is 7. The maximum absolute atomic E-state index is 13.7. The van der Waals surface area contributed by atoms with E-state index in [1.165, 1.54) is 117 Å². The Morgan fingerprint density at radius 3 is 1.27 bits per heavy atom. The van der Waals surface area contributed by atoms with Crippen LogP contribution in [0.15, 0.2) is 306 Å². The number of nitrogens with two attached hydrogens (primary N) is 3. The van der Waals surface area contributed by atoms with Gasteiger partial charge in [0.15, 0.2) is 58.3 Å². The Morgan fingerprint density at radius 2 is 0.833 bits per heavy atom. The predicted molar refractivity (Wildman–Crippen MR) is 552 cm³/mol. The number of nitrogens with one attached hydrogen (secondary N) is 3. The zero-order valence-electron chi connectivity index (χ0n) is 79.0. The molecule has 0 bridgehead atoms. The molecule has 44 heteroatoms. The van der Waals surface area contributed by atoms with E-state index in [9.17, 15) is 86.6 Å². The number of hydrogen-bond acceptors (Lipinski definition) is 30. The first-order valence-corrected chi connectivity index (χ1v) is 46.5. The van der Waals surface area contributed by atoms with Crippen LogP contribution in [0.2, 0.25) is 0 Å². The highest BCUT2D eigenvalue weighted by molar-refractivity contribution is 14.1. The van der Waals surface area contributed by atoms with Crippen LogP contribution in [0.3, 0.4) is 0 Å². The first-order chi connectivity index (χ1) is 72.5. The van der Waals surface area contributed by atoms with Crippen LogP contribution >= 0.6 is 22.6 Å². The van der Waals surface area contributed by atoms with Gasteiger partial charge in [-0.05, 0) is 186 Å². The Balaban J connectivity index is 0.000000144. The number of ketones is 2. The van der Waals surface area contributed by atoms with Crippen molar-refractivity contribution in [2.75, 3.05) is 115 Å². The number of carbonyl (C=O) groups is 13. The lowest BCUT2D eigenvalue weighted by molar-refractivity contribution is -0.152. The summed E-state index contributed by atoms with van der Waals surface area (Å²) in [5.41, 5.74) is 21.0. The number of carbonyl (C=O) groups excluding carboxylic acids is 13. The lowest BCUT2D eigenvalue weighted by atomic mass is 9.99. The molecule has 0 radical (unpaired) electrons. The lowest BCUT2D eigenvalue weighted by Gasteiger charge is -2.27. The second-order valence-corrected chi connectivity index (χ2v) is 34.0. The van der Waals surface area contributed by atoms with Crippen LogP contribution in [0.25, 0.3) is 54.8 Å². The molecular weight excluding hydrogens is 2050 g/mol. The van der Waals surface area contributed by atoms with Gasteiger partial charge in [-0.1, -0.05) is 88.3 Å². The topological polar surface area (TPSA) is 585 Å². The van der Waals surface area contributed by atoms with Crippen molar-refractivity contribution in [1.82, 2.24) is 34.2 Å². The minimum absolute atomic E-state index is 0.00226. The number of amides is 8. The van der Waals surface area contributed by atoms with Crippen LogP contribution in [-0.4, -0.2) is 196 Å². The summed E-state index contributed by atoms with van der Waals surface area (Å²) in [6.45, 7) is 12.1. The smallest absolute Gasteiger partial charge is 0.303 e. The van der Waals surface area contributed by atoms with Gasteiger partial charge in [-0.15, -0.1) is 0 Å². The quantitative estimate of drug-likeness (QED) is 0.0109. The molecule has 2 unspecified atom stereocenters. The predicted octanol–water partition coefficient (Wildman–Crippen LogP) is 10.1. The molecule has 43 nitrogen and oxygen atoms in total. The maximum atomic E-state index is 13.7. The molecule has 9 aromatic carbocycles. The summed E-state index contributed by atoms with van der Waals surface area (Å²) in [6, 6.07) is 66.7. The normalized spacial score (nSPS) is 13.6. The molecule has 758 valence electrons. The van der Waals surface area contributed by atoms with Crippen LogP contribution in [0.4, 0.5) is 45.6 Å². The number of nitrogen functional groups attached to an aromatic ring is 1. The fraction of sp³-hybridized carbons (Fsp3) is 0.142. The van der Waals surface area contributed by atoms with E-state index in [0.29, 0.717) is 138 Å². The van der Waals surface area contributed by atoms with Crippen molar-refractivity contribution in [3.05, 3.63) is 386 Å². The zero-order chi connectivity index (χ0) is 106. The number of aldehydes is 2. The number of anilines is 7. The number of H-pyrrole nitrogens is 1. The number of aliphatic hydroxyl groups excluding tert-OH is 1. The SMILES string of the molecule is CC(=O)OC(C(=O)Nc1ccc2c(C(=O)c3ccccc3C(N)=O)noc2c1)c1cccn(-c2cccc(N3CCOCC3=O)c2)c1=O.Nc1noc2cc(NC(=O)C(O)c3cccn(-c4cccc(N5CCOCC5=O)c4)c3=O)ccc12.O=C1COCCN1c1cccc(I)c1.O=Cc1ccc[nH]c1=O.O=Cc1cccn(-c2cccc(N3CCOCC3=O)c2)c1=O.[C-]#[N+]c1ccc2c(C(=O)c3ccccc3C(N)=O)noc2c1. The number of hydrogen-bond donors (Lipinski definition) is 7. The summed E-state index contributed by atoms with van der Waals surface area (Å²) in [4.78, 5) is 218. The van der Waals surface area contributed by atoms with Gasteiger partial charge in [0.05, 0.1) is 99.6 Å². The number of benzene rings is 9. The monoisotopic (exact) mass is 2140 g/mol. The number of aliphatic hydroxyl groups is 1. The average Bonchev–Trinajstić information content (AvgIpc) is 1.57. The molecule has 2 atom stereocenters. The minimum Gasteiger partial charge on any atom is -0.447 e. The first-order valence-electron chi connectivity index (χ1n) is 45.5. The number of nitrogens with zero attached hydrogens (tertiary/aromatic N) is 11. The lowest BCUT2D eigenvalue weighted by Crippen LogP contribution is -2.41. The zero-order valence-corrected chi connectivity index (χ0v) is 81.1. The third-order valence-electron chi connectivity index (χ3n) is 23.1. The molecule has 11 heterocycles. The molecule has 4 aliphatic rings. The number of halogens is 1. The highest BCUT2D eigenvalue weighted by atomic mass is 127. The van der Waals surface area contributed by atoms with Crippen molar-refractivity contribution in [3.8, 4) is 17.1 Å². The molecule has 20 rings (SSSR count). The van der Waals surface area contributed by atoms with E-state index >= 15 is 0 Å². The van der Waals surface area contributed by atoms with Gasteiger partial charge in [-0.2, -0.15) is 0 Å². The number of morpholine rings is 4. The number of pyridine rings is 4. The van der Waals surface area contributed by atoms with Crippen molar-refractivity contribution < 1.29 is 105 Å². The third kappa shape index (κ3) is 24.8. The van der Waals surface area contributed by atoms with E-state index in [1.54, 1.807) is 165 Å². The first kappa shape index (κ1) is 105. The summed E-state index contributed by atoms with van der Waals surface area (Å²) in [6.07, 6.45) is 3.79. The number of ether oxygens (including phenoxy) is 5.